The molecule has 218 valence electrons. The topological polar surface area (TPSA) is 73.9 Å². The molecule has 3 aromatic carbocycles. The first-order valence-corrected chi connectivity index (χ1v) is 14.9. The average Bonchev–Trinajstić information content (AvgIpc) is 3.01. The van der Waals surface area contributed by atoms with E-state index in [2.05, 4.69) is 40.3 Å². The lowest BCUT2D eigenvalue weighted by Crippen LogP contribution is -2.47. The molecule has 3 aromatic rings. The Morgan fingerprint density at radius 2 is 1.54 bits per heavy atom. The molecule has 0 saturated carbocycles. The lowest BCUT2D eigenvalue weighted by Gasteiger charge is -2.38. The number of amides is 2. The summed E-state index contributed by atoms with van der Waals surface area (Å²) in [5.74, 6) is 0.548. The quantitative estimate of drug-likeness (QED) is 0.248. The Hall–Kier alpha value is -4.00. The van der Waals surface area contributed by atoms with Crippen molar-refractivity contribution in [1.82, 2.24) is 5.32 Å². The molecule has 1 fully saturated rings. The molecule has 0 aromatic heterocycles. The first kappa shape index (κ1) is 30.0. The predicted molar refractivity (Wildman–Crippen MR) is 169 cm³/mol. The molecule has 7 heteroatoms. The first-order chi connectivity index (χ1) is 19.9. The third-order valence-electron chi connectivity index (χ3n) is 7.82. The molecule has 7 nitrogen and oxygen atoms in total. The van der Waals surface area contributed by atoms with Crippen molar-refractivity contribution >= 4 is 28.9 Å². The van der Waals surface area contributed by atoms with Crippen LogP contribution in [0.2, 0.25) is 0 Å². The summed E-state index contributed by atoms with van der Waals surface area (Å²) in [5.41, 5.74) is 4.98. The van der Waals surface area contributed by atoms with Gasteiger partial charge in [-0.05, 0) is 74.2 Å². The average molecular weight is 557 g/mol. The molecule has 41 heavy (non-hydrogen) atoms. The van der Waals surface area contributed by atoms with Crippen molar-refractivity contribution in [3.63, 3.8) is 0 Å². The summed E-state index contributed by atoms with van der Waals surface area (Å²) < 4.78 is 5.57. The molecule has 1 aliphatic heterocycles. The molecule has 1 saturated heterocycles. The minimum absolute atomic E-state index is 0.0480. The van der Waals surface area contributed by atoms with Crippen LogP contribution in [0.4, 0.5) is 17.1 Å². The second-order valence-corrected chi connectivity index (χ2v) is 10.8. The number of carbonyl (C=O) groups is 2. The minimum atomic E-state index is -0.184. The van der Waals surface area contributed by atoms with E-state index in [0.29, 0.717) is 16.8 Å². The highest BCUT2D eigenvalue weighted by Gasteiger charge is 2.24. The van der Waals surface area contributed by atoms with Crippen molar-refractivity contribution in [2.24, 2.45) is 0 Å². The van der Waals surface area contributed by atoms with Crippen LogP contribution in [0.15, 0.2) is 66.7 Å². The van der Waals surface area contributed by atoms with Crippen LogP contribution in [-0.4, -0.2) is 51.1 Å². The molecule has 0 bridgehead atoms. The van der Waals surface area contributed by atoms with Gasteiger partial charge in [-0.25, -0.2) is 0 Å². The summed E-state index contributed by atoms with van der Waals surface area (Å²) in [6.07, 6.45) is 5.42. The summed E-state index contributed by atoms with van der Waals surface area (Å²) in [5, 5.41) is 6.11. The van der Waals surface area contributed by atoms with E-state index in [1.54, 1.807) is 13.2 Å². The Bertz CT molecular complexity index is 1300. The Labute approximate surface area is 244 Å². The van der Waals surface area contributed by atoms with Gasteiger partial charge in [0.15, 0.2) is 0 Å². The number of benzene rings is 3. The number of para-hydroxylation sites is 2. The van der Waals surface area contributed by atoms with Gasteiger partial charge in [-0.2, -0.15) is 0 Å². The zero-order chi connectivity index (χ0) is 29.2. The maximum absolute atomic E-state index is 13.4. The Balaban J connectivity index is 1.50. The molecule has 4 rings (SSSR count). The molecule has 0 aliphatic carbocycles. The van der Waals surface area contributed by atoms with Gasteiger partial charge in [0.1, 0.15) is 5.75 Å². The molecule has 1 atom stereocenters. The van der Waals surface area contributed by atoms with Crippen LogP contribution in [0.1, 0.15) is 72.7 Å². The number of hydrogen-bond donors (Lipinski definition) is 2. The fourth-order valence-corrected chi connectivity index (χ4v) is 5.16. The van der Waals surface area contributed by atoms with Crippen molar-refractivity contribution in [2.45, 2.75) is 58.9 Å². The molecule has 0 spiro atoms. The maximum atomic E-state index is 13.4. The second-order valence-electron chi connectivity index (χ2n) is 10.8. The zero-order valence-corrected chi connectivity index (χ0v) is 24.9. The molecule has 0 radical (unpaired) electrons. The first-order valence-electron chi connectivity index (χ1n) is 14.9. The number of methoxy groups -OCH3 is 1. The second kappa shape index (κ2) is 14.6. The molecular formula is C34H44N4O3. The van der Waals surface area contributed by atoms with Crippen LogP contribution in [0.3, 0.4) is 0 Å². The number of nitrogens with zero attached hydrogens (tertiary/aromatic N) is 2. The third-order valence-corrected chi connectivity index (χ3v) is 7.82. The van der Waals surface area contributed by atoms with Gasteiger partial charge in [0, 0.05) is 49.2 Å². The summed E-state index contributed by atoms with van der Waals surface area (Å²) in [6.45, 7) is 9.38. The highest BCUT2D eigenvalue weighted by Crippen LogP contribution is 2.31. The highest BCUT2D eigenvalue weighted by atomic mass is 16.5. The van der Waals surface area contributed by atoms with Crippen molar-refractivity contribution in [2.75, 3.05) is 48.4 Å². The van der Waals surface area contributed by atoms with Crippen LogP contribution in [0, 0.1) is 0 Å². The standard InChI is InChI=1S/C34H44N4O3/c1-5-7-8-11-26-14-16-27(17-15-26)33(39)36-28-18-19-30(29(24-28)34(40)35-25(3)6-2)37-20-22-38(23-21-37)31-12-9-10-13-32(31)41-4/h9-10,12-19,24-25H,5-8,11,20-23H2,1-4H3,(H,35,40)(H,36,39). The Morgan fingerprint density at radius 1 is 0.854 bits per heavy atom. The van der Waals surface area contributed by atoms with Gasteiger partial charge in [0.05, 0.1) is 18.4 Å². The van der Waals surface area contributed by atoms with Crippen LogP contribution < -0.4 is 25.2 Å². The van der Waals surface area contributed by atoms with E-state index in [4.69, 9.17) is 4.74 Å². The summed E-state index contributed by atoms with van der Waals surface area (Å²) in [6, 6.07) is 21.6. The summed E-state index contributed by atoms with van der Waals surface area (Å²) in [7, 11) is 1.70. The SMILES string of the molecule is CCCCCc1ccc(C(=O)Nc2ccc(N3CCN(c4ccccc4OC)CC3)c(C(=O)NC(C)CC)c2)cc1. The van der Waals surface area contributed by atoms with Crippen molar-refractivity contribution in [1.29, 1.82) is 0 Å². The van der Waals surface area contributed by atoms with Crippen LogP contribution in [0.5, 0.6) is 5.75 Å². The zero-order valence-electron chi connectivity index (χ0n) is 24.9. The highest BCUT2D eigenvalue weighted by molar-refractivity contribution is 6.06. The molecule has 1 aliphatic rings. The molecule has 2 amide bonds. The van der Waals surface area contributed by atoms with E-state index >= 15 is 0 Å². The number of hydrogen-bond acceptors (Lipinski definition) is 5. The normalized spacial score (nSPS) is 14.0. The monoisotopic (exact) mass is 556 g/mol. The Morgan fingerprint density at radius 3 is 2.20 bits per heavy atom. The number of unbranched alkanes of at least 4 members (excludes halogenated alkanes) is 2. The molecular weight excluding hydrogens is 512 g/mol. The van der Waals surface area contributed by atoms with Gasteiger partial charge in [0.2, 0.25) is 0 Å². The molecule has 1 heterocycles. The van der Waals surface area contributed by atoms with E-state index in [9.17, 15) is 9.59 Å². The van der Waals surface area contributed by atoms with Gasteiger partial charge < -0.3 is 25.2 Å². The van der Waals surface area contributed by atoms with Gasteiger partial charge >= 0.3 is 0 Å². The largest absolute Gasteiger partial charge is 0.495 e. The fraction of sp³-hybridized carbons (Fsp3) is 0.412. The van der Waals surface area contributed by atoms with Crippen molar-refractivity contribution in [3.8, 4) is 5.75 Å². The van der Waals surface area contributed by atoms with Gasteiger partial charge in [-0.1, -0.05) is 51.0 Å². The number of anilines is 3. The van der Waals surface area contributed by atoms with Crippen molar-refractivity contribution in [3.05, 3.63) is 83.4 Å². The van der Waals surface area contributed by atoms with Crippen molar-refractivity contribution < 1.29 is 14.3 Å². The number of carbonyl (C=O) groups excluding carboxylic acids is 2. The number of nitrogens with one attached hydrogen (secondary N) is 2. The molecule has 2 N–H and O–H groups in total. The number of rotatable bonds is 12. The van der Waals surface area contributed by atoms with E-state index in [-0.39, 0.29) is 17.9 Å². The lowest BCUT2D eigenvalue weighted by atomic mass is 10.0. The number of ether oxygens (including phenoxy) is 1. The third kappa shape index (κ3) is 7.81. The van der Waals surface area contributed by atoms with E-state index < -0.39 is 0 Å². The smallest absolute Gasteiger partial charge is 0.255 e. The maximum Gasteiger partial charge on any atom is 0.255 e. The molecule has 1 unspecified atom stereocenters. The number of piperazine rings is 1. The van der Waals surface area contributed by atoms with Crippen LogP contribution in [0.25, 0.3) is 0 Å². The van der Waals surface area contributed by atoms with E-state index in [1.165, 1.54) is 18.4 Å². The lowest BCUT2D eigenvalue weighted by molar-refractivity contribution is 0.0938. The van der Waals surface area contributed by atoms with Gasteiger partial charge in [-0.15, -0.1) is 0 Å². The summed E-state index contributed by atoms with van der Waals surface area (Å²) >= 11 is 0. The fourth-order valence-electron chi connectivity index (χ4n) is 5.16. The van der Waals surface area contributed by atoms with Gasteiger partial charge in [-0.3, -0.25) is 9.59 Å². The van der Waals surface area contributed by atoms with Crippen LogP contribution in [-0.2, 0) is 6.42 Å². The van der Waals surface area contributed by atoms with Crippen LogP contribution >= 0.6 is 0 Å². The number of aryl methyl sites for hydroxylation is 1. The van der Waals surface area contributed by atoms with E-state index in [0.717, 1.165) is 62.6 Å². The Kier molecular flexibility index (Phi) is 10.7. The predicted octanol–water partition coefficient (Wildman–Crippen LogP) is 6.54. The summed E-state index contributed by atoms with van der Waals surface area (Å²) in [4.78, 5) is 31.1. The van der Waals surface area contributed by atoms with Gasteiger partial charge in [0.25, 0.3) is 11.8 Å². The van der Waals surface area contributed by atoms with E-state index in [1.807, 2.05) is 61.5 Å². The minimum Gasteiger partial charge on any atom is -0.495 e.